The molecule has 1 aromatic carbocycles. The van der Waals surface area contributed by atoms with Gasteiger partial charge in [0, 0.05) is 25.2 Å². The summed E-state index contributed by atoms with van der Waals surface area (Å²) in [6.07, 6.45) is 8.73. The Morgan fingerprint density at radius 3 is 2.80 bits per heavy atom. The molecule has 25 heavy (non-hydrogen) atoms. The minimum absolute atomic E-state index is 0.197. The molecule has 0 aliphatic heterocycles. The van der Waals surface area contributed by atoms with Crippen LogP contribution in [0.15, 0.2) is 42.6 Å². The maximum Gasteiger partial charge on any atom is 0.228 e. The van der Waals surface area contributed by atoms with Crippen LogP contribution in [0.5, 0.6) is 0 Å². The number of carbonyl (C=O) groups is 1. The molecule has 3 aliphatic carbocycles. The Kier molecular flexibility index (Phi) is 3.47. The third-order valence-electron chi connectivity index (χ3n) is 7.01. The second kappa shape index (κ2) is 5.72. The van der Waals surface area contributed by atoms with Gasteiger partial charge in [-0.1, -0.05) is 30.3 Å². The SMILES string of the molecule is O=C(CCc1ccccc1)N(CC1CC23CC2CCC13)c1cc[nH]n1. The zero-order valence-electron chi connectivity index (χ0n) is 14.5. The number of aromatic nitrogens is 2. The second-order valence-corrected chi connectivity index (χ2v) is 8.20. The zero-order chi connectivity index (χ0) is 16.9. The first-order chi connectivity index (χ1) is 12.3. The van der Waals surface area contributed by atoms with Gasteiger partial charge in [0.15, 0.2) is 5.82 Å². The number of nitrogens with one attached hydrogen (secondary N) is 1. The predicted octanol–water partition coefficient (Wildman–Crippen LogP) is 3.81. The van der Waals surface area contributed by atoms with Crippen molar-refractivity contribution in [3.63, 3.8) is 0 Å². The average Bonchev–Trinajstić information content (AvgIpc) is 3.00. The van der Waals surface area contributed by atoms with Gasteiger partial charge >= 0.3 is 0 Å². The number of aryl methyl sites for hydroxylation is 1. The number of hydrogen-bond donors (Lipinski definition) is 1. The fourth-order valence-electron chi connectivity index (χ4n) is 5.67. The Morgan fingerprint density at radius 1 is 1.20 bits per heavy atom. The molecule has 4 unspecified atom stereocenters. The molecule has 3 saturated carbocycles. The minimum Gasteiger partial charge on any atom is -0.295 e. The molecule has 1 amide bonds. The highest BCUT2D eigenvalue weighted by atomic mass is 16.2. The van der Waals surface area contributed by atoms with Crippen molar-refractivity contribution in [1.29, 1.82) is 0 Å². The van der Waals surface area contributed by atoms with E-state index in [-0.39, 0.29) is 5.91 Å². The zero-order valence-corrected chi connectivity index (χ0v) is 14.5. The summed E-state index contributed by atoms with van der Waals surface area (Å²) >= 11 is 0. The van der Waals surface area contributed by atoms with E-state index in [0.717, 1.165) is 30.6 Å². The van der Waals surface area contributed by atoms with E-state index >= 15 is 0 Å². The lowest BCUT2D eigenvalue weighted by Crippen LogP contribution is -2.46. The molecule has 0 radical (unpaired) electrons. The normalized spacial score (nSPS) is 31.8. The minimum atomic E-state index is 0.197. The maximum absolute atomic E-state index is 12.9. The number of nitrogens with zero attached hydrogens (tertiary/aromatic N) is 2. The van der Waals surface area contributed by atoms with E-state index in [9.17, 15) is 4.79 Å². The van der Waals surface area contributed by atoms with Crippen molar-refractivity contribution < 1.29 is 4.79 Å². The molecule has 3 aliphatic rings. The van der Waals surface area contributed by atoms with Crippen LogP contribution in [0.2, 0.25) is 0 Å². The first-order valence-corrected chi connectivity index (χ1v) is 9.60. The van der Waals surface area contributed by atoms with Gasteiger partial charge in [-0.15, -0.1) is 0 Å². The fourth-order valence-corrected chi connectivity index (χ4v) is 5.67. The predicted molar refractivity (Wildman–Crippen MR) is 97.1 cm³/mol. The molecule has 0 saturated heterocycles. The lowest BCUT2D eigenvalue weighted by molar-refractivity contribution is -0.119. The monoisotopic (exact) mass is 335 g/mol. The lowest BCUT2D eigenvalue weighted by atomic mass is 9.62. The van der Waals surface area contributed by atoms with Crippen molar-refractivity contribution in [3.8, 4) is 0 Å². The van der Waals surface area contributed by atoms with Crippen molar-refractivity contribution in [2.24, 2.45) is 23.2 Å². The van der Waals surface area contributed by atoms with E-state index in [0.29, 0.717) is 17.8 Å². The lowest BCUT2D eigenvalue weighted by Gasteiger charge is -2.45. The summed E-state index contributed by atoms with van der Waals surface area (Å²) in [4.78, 5) is 14.9. The number of carbonyl (C=O) groups excluding carboxylic acids is 1. The highest BCUT2D eigenvalue weighted by Crippen LogP contribution is 2.77. The third kappa shape index (κ3) is 2.50. The number of H-pyrrole nitrogens is 1. The van der Waals surface area contributed by atoms with Gasteiger partial charge in [0.2, 0.25) is 5.91 Å². The van der Waals surface area contributed by atoms with Gasteiger partial charge in [-0.3, -0.25) is 14.8 Å². The quantitative estimate of drug-likeness (QED) is 0.872. The summed E-state index contributed by atoms with van der Waals surface area (Å²) in [5, 5.41) is 7.16. The van der Waals surface area contributed by atoms with Crippen molar-refractivity contribution >= 4 is 11.7 Å². The Hall–Kier alpha value is -2.10. The molecule has 130 valence electrons. The van der Waals surface area contributed by atoms with Crippen LogP contribution < -0.4 is 4.90 Å². The molecule has 3 fully saturated rings. The topological polar surface area (TPSA) is 49.0 Å². The Morgan fingerprint density at radius 2 is 2.08 bits per heavy atom. The average molecular weight is 335 g/mol. The summed E-state index contributed by atoms with van der Waals surface area (Å²) in [7, 11) is 0. The summed E-state index contributed by atoms with van der Waals surface area (Å²) in [5.74, 6) is 3.53. The number of rotatable bonds is 6. The first-order valence-electron chi connectivity index (χ1n) is 9.60. The molecule has 5 rings (SSSR count). The molecular formula is C21H25N3O. The third-order valence-corrected chi connectivity index (χ3v) is 7.01. The van der Waals surface area contributed by atoms with Gasteiger partial charge < -0.3 is 0 Å². The van der Waals surface area contributed by atoms with E-state index in [2.05, 4.69) is 22.3 Å². The first kappa shape index (κ1) is 15.2. The molecule has 1 spiro atoms. The summed E-state index contributed by atoms with van der Waals surface area (Å²) in [5.41, 5.74) is 1.92. The van der Waals surface area contributed by atoms with E-state index < -0.39 is 0 Å². The maximum atomic E-state index is 12.9. The molecule has 2 aromatic rings. The smallest absolute Gasteiger partial charge is 0.228 e. The van der Waals surface area contributed by atoms with Crippen molar-refractivity contribution in [2.45, 2.75) is 38.5 Å². The van der Waals surface area contributed by atoms with E-state index in [1.54, 1.807) is 0 Å². The number of aromatic amines is 1. The summed E-state index contributed by atoms with van der Waals surface area (Å²) < 4.78 is 0. The number of anilines is 1. The number of amides is 1. The van der Waals surface area contributed by atoms with Crippen LogP contribution in [0.1, 0.15) is 37.7 Å². The van der Waals surface area contributed by atoms with Crippen LogP contribution in [-0.2, 0) is 11.2 Å². The van der Waals surface area contributed by atoms with Gasteiger partial charge in [0.05, 0.1) is 0 Å². The molecule has 1 N–H and O–H groups in total. The Balaban J connectivity index is 1.26. The van der Waals surface area contributed by atoms with Gasteiger partial charge in [0.25, 0.3) is 0 Å². The summed E-state index contributed by atoms with van der Waals surface area (Å²) in [6, 6.07) is 12.2. The van der Waals surface area contributed by atoms with E-state index in [1.807, 2.05) is 35.4 Å². The highest BCUT2D eigenvalue weighted by Gasteiger charge is 2.70. The van der Waals surface area contributed by atoms with Crippen LogP contribution >= 0.6 is 0 Å². The van der Waals surface area contributed by atoms with Crippen LogP contribution in [0.25, 0.3) is 0 Å². The largest absolute Gasteiger partial charge is 0.295 e. The Bertz CT molecular complexity index is 755. The van der Waals surface area contributed by atoms with E-state index in [4.69, 9.17) is 0 Å². The van der Waals surface area contributed by atoms with Gasteiger partial charge in [-0.2, -0.15) is 5.10 Å². The number of hydrogen-bond acceptors (Lipinski definition) is 2. The standard InChI is InChI=1S/C21H25N3O/c25-20(9-6-15-4-2-1-3-5-15)24(19-10-11-22-23-19)14-16-12-21-13-17(21)7-8-18(16)21/h1-5,10-11,16-18H,6-9,12-14H2,(H,22,23). The van der Waals surface area contributed by atoms with Gasteiger partial charge in [-0.25, -0.2) is 0 Å². The molecule has 0 bridgehead atoms. The molecule has 4 atom stereocenters. The van der Waals surface area contributed by atoms with Crippen molar-refractivity contribution in [1.82, 2.24) is 10.2 Å². The molecule has 1 heterocycles. The molecular weight excluding hydrogens is 310 g/mol. The van der Waals surface area contributed by atoms with Gasteiger partial charge in [0.1, 0.15) is 0 Å². The van der Waals surface area contributed by atoms with Crippen LogP contribution in [0, 0.1) is 23.2 Å². The fraction of sp³-hybridized carbons (Fsp3) is 0.524. The van der Waals surface area contributed by atoms with Gasteiger partial charge in [-0.05, 0) is 60.8 Å². The second-order valence-electron chi connectivity index (χ2n) is 8.20. The molecule has 4 nitrogen and oxygen atoms in total. The van der Waals surface area contributed by atoms with Crippen molar-refractivity contribution in [3.05, 3.63) is 48.2 Å². The Labute approximate surface area is 148 Å². The molecule has 4 heteroatoms. The summed E-state index contributed by atoms with van der Waals surface area (Å²) in [6.45, 7) is 0.845. The van der Waals surface area contributed by atoms with Crippen LogP contribution in [0.3, 0.4) is 0 Å². The highest BCUT2D eigenvalue weighted by molar-refractivity contribution is 5.92. The van der Waals surface area contributed by atoms with E-state index in [1.165, 1.54) is 31.2 Å². The van der Waals surface area contributed by atoms with Crippen molar-refractivity contribution in [2.75, 3.05) is 11.4 Å². The number of benzene rings is 1. The van der Waals surface area contributed by atoms with Crippen LogP contribution in [0.4, 0.5) is 5.82 Å². The van der Waals surface area contributed by atoms with Crippen LogP contribution in [-0.4, -0.2) is 22.6 Å². The molecule has 1 aromatic heterocycles.